The molecule has 1 aromatic heterocycles. The van der Waals surface area contributed by atoms with E-state index in [9.17, 15) is 13.9 Å². The molecule has 2 N–H and O–H groups in total. The van der Waals surface area contributed by atoms with Crippen LogP contribution >= 0.6 is 0 Å². The number of nitrogens with one attached hydrogen (secondary N) is 1. The molecular weight excluding hydrogens is 413 g/mol. The molecule has 0 aliphatic carbocycles. The van der Waals surface area contributed by atoms with Crippen molar-refractivity contribution in [1.29, 1.82) is 0 Å². The fraction of sp³-hybridized carbons (Fsp3) is 0.524. The van der Waals surface area contributed by atoms with Gasteiger partial charge in [0.05, 0.1) is 25.9 Å². The van der Waals surface area contributed by atoms with E-state index in [-0.39, 0.29) is 37.0 Å². The largest absolute Gasteiger partial charge is 0.386 e. The molecule has 2 aliphatic rings. The maximum atomic E-state index is 15.3. The lowest BCUT2D eigenvalue weighted by Gasteiger charge is -2.37. The highest BCUT2D eigenvalue weighted by atomic mass is 19.3. The number of anilines is 2. The number of morpholine rings is 1. The van der Waals surface area contributed by atoms with Crippen molar-refractivity contribution in [2.24, 2.45) is 0 Å². The molecule has 0 saturated carbocycles. The Labute approximate surface area is 178 Å². The van der Waals surface area contributed by atoms with Gasteiger partial charge in [0.2, 0.25) is 5.82 Å². The molecule has 2 aliphatic heterocycles. The first-order valence-corrected chi connectivity index (χ1v) is 10.1. The molecule has 2 aromatic rings. The summed E-state index contributed by atoms with van der Waals surface area (Å²) in [5, 5.41) is 13.3. The summed E-state index contributed by atoms with van der Waals surface area (Å²) in [6.07, 6.45) is 1.71. The Morgan fingerprint density at radius 3 is 2.68 bits per heavy atom. The molecule has 2 unspecified atom stereocenters. The van der Waals surface area contributed by atoms with Crippen molar-refractivity contribution < 1.29 is 27.8 Å². The fourth-order valence-corrected chi connectivity index (χ4v) is 3.80. The monoisotopic (exact) mass is 438 g/mol. The van der Waals surface area contributed by atoms with Crippen molar-refractivity contribution in [1.82, 2.24) is 9.97 Å². The van der Waals surface area contributed by atoms with Crippen LogP contribution in [0.1, 0.15) is 30.5 Å². The lowest BCUT2D eigenvalue weighted by atomic mass is 10.0. The average molecular weight is 438 g/mol. The third-order valence-electron chi connectivity index (χ3n) is 5.64. The number of aromatic nitrogens is 2. The Bertz CT molecular complexity index is 902. The van der Waals surface area contributed by atoms with Gasteiger partial charge < -0.3 is 24.8 Å². The van der Waals surface area contributed by atoms with Gasteiger partial charge in [-0.15, -0.1) is 0 Å². The van der Waals surface area contributed by atoms with Crippen LogP contribution in [-0.4, -0.2) is 60.2 Å². The summed E-state index contributed by atoms with van der Waals surface area (Å²) < 4.78 is 53.1. The second kappa shape index (κ2) is 8.60. The number of hydrogen-bond donors (Lipinski definition) is 2. The van der Waals surface area contributed by atoms with Crippen LogP contribution in [0, 0.1) is 5.82 Å². The third-order valence-corrected chi connectivity index (χ3v) is 5.64. The van der Waals surface area contributed by atoms with E-state index in [1.807, 2.05) is 0 Å². The molecule has 0 radical (unpaired) electrons. The number of aliphatic hydroxyl groups is 1. The Kier molecular flexibility index (Phi) is 6.05. The van der Waals surface area contributed by atoms with Crippen LogP contribution in [0.15, 0.2) is 30.6 Å². The summed E-state index contributed by atoms with van der Waals surface area (Å²) in [6, 6.07) is 5.56. The van der Waals surface area contributed by atoms with Crippen LogP contribution in [0.5, 0.6) is 0 Å². The fourth-order valence-electron chi connectivity index (χ4n) is 3.80. The zero-order valence-corrected chi connectivity index (χ0v) is 17.2. The standard InChI is InChI=1S/C21H25F3N4O3/c1-20(23,24)15-4-2-14(3-5-15)16-10-30-9-7-28(16)19-17(22)18(26-13-27-19)25-11-21(29)6-8-31-12-21/h2-5,13,16,29H,6-12H2,1H3,(H,25,26,27). The third kappa shape index (κ3) is 4.76. The van der Waals surface area contributed by atoms with Gasteiger partial charge in [-0.05, 0) is 5.56 Å². The Hall–Kier alpha value is -2.43. The molecular formula is C21H25F3N4O3. The summed E-state index contributed by atoms with van der Waals surface area (Å²) >= 11 is 0. The van der Waals surface area contributed by atoms with E-state index in [2.05, 4.69) is 15.3 Å². The van der Waals surface area contributed by atoms with Gasteiger partial charge in [0.15, 0.2) is 11.6 Å². The van der Waals surface area contributed by atoms with Crippen LogP contribution in [0.3, 0.4) is 0 Å². The summed E-state index contributed by atoms with van der Waals surface area (Å²) in [4.78, 5) is 9.85. The first kappa shape index (κ1) is 21.8. The van der Waals surface area contributed by atoms with Crippen LogP contribution in [-0.2, 0) is 15.4 Å². The highest BCUT2D eigenvalue weighted by molar-refractivity contribution is 5.53. The molecule has 10 heteroatoms. The zero-order valence-electron chi connectivity index (χ0n) is 17.2. The lowest BCUT2D eigenvalue weighted by Crippen LogP contribution is -2.41. The minimum Gasteiger partial charge on any atom is -0.386 e. The number of ether oxygens (including phenoxy) is 2. The molecule has 2 fully saturated rings. The summed E-state index contributed by atoms with van der Waals surface area (Å²) in [5.74, 6) is -3.51. The van der Waals surface area contributed by atoms with E-state index >= 15 is 4.39 Å². The van der Waals surface area contributed by atoms with E-state index in [1.165, 1.54) is 18.5 Å². The van der Waals surface area contributed by atoms with Crippen molar-refractivity contribution in [3.63, 3.8) is 0 Å². The predicted molar refractivity (Wildman–Crippen MR) is 108 cm³/mol. The number of alkyl halides is 2. The van der Waals surface area contributed by atoms with Gasteiger partial charge in [-0.1, -0.05) is 24.3 Å². The van der Waals surface area contributed by atoms with E-state index in [0.717, 1.165) is 12.5 Å². The Morgan fingerprint density at radius 1 is 1.23 bits per heavy atom. The van der Waals surface area contributed by atoms with Crippen molar-refractivity contribution in [3.8, 4) is 0 Å². The second-order valence-corrected chi connectivity index (χ2v) is 8.03. The molecule has 0 spiro atoms. The molecule has 0 amide bonds. The molecule has 168 valence electrons. The number of nitrogens with zero attached hydrogens (tertiary/aromatic N) is 3. The summed E-state index contributed by atoms with van der Waals surface area (Å²) in [5.41, 5.74) is -0.437. The molecule has 7 nitrogen and oxygen atoms in total. The van der Waals surface area contributed by atoms with Gasteiger partial charge in [-0.2, -0.15) is 4.39 Å². The average Bonchev–Trinajstić information content (AvgIpc) is 3.19. The smallest absolute Gasteiger partial charge is 0.270 e. The molecule has 1 aromatic carbocycles. The Morgan fingerprint density at radius 2 is 2.00 bits per heavy atom. The molecule has 2 atom stereocenters. The van der Waals surface area contributed by atoms with Crippen LogP contribution in [0.2, 0.25) is 0 Å². The maximum absolute atomic E-state index is 15.3. The van der Waals surface area contributed by atoms with Crippen molar-refractivity contribution >= 4 is 11.6 Å². The quantitative estimate of drug-likeness (QED) is 0.718. The topological polar surface area (TPSA) is 79.7 Å². The molecule has 2 saturated heterocycles. The van der Waals surface area contributed by atoms with E-state index in [1.54, 1.807) is 17.0 Å². The number of halogens is 3. The SMILES string of the molecule is CC(F)(F)c1ccc(C2COCCN2c2ncnc(NCC3(O)CCOC3)c2F)cc1. The van der Waals surface area contributed by atoms with Crippen molar-refractivity contribution in [2.75, 3.05) is 49.7 Å². The van der Waals surface area contributed by atoms with E-state index in [4.69, 9.17) is 9.47 Å². The summed E-state index contributed by atoms with van der Waals surface area (Å²) in [7, 11) is 0. The van der Waals surface area contributed by atoms with E-state index in [0.29, 0.717) is 26.2 Å². The first-order valence-electron chi connectivity index (χ1n) is 10.1. The van der Waals surface area contributed by atoms with Gasteiger partial charge in [-0.25, -0.2) is 18.7 Å². The molecule has 3 heterocycles. The minimum absolute atomic E-state index is 0.0171. The molecule has 0 bridgehead atoms. The highest BCUT2D eigenvalue weighted by Gasteiger charge is 2.34. The van der Waals surface area contributed by atoms with Gasteiger partial charge in [0.1, 0.15) is 11.9 Å². The van der Waals surface area contributed by atoms with Gasteiger partial charge in [-0.3, -0.25) is 0 Å². The first-order chi connectivity index (χ1) is 14.8. The highest BCUT2D eigenvalue weighted by Crippen LogP contribution is 2.34. The zero-order chi connectivity index (χ0) is 22.1. The van der Waals surface area contributed by atoms with E-state index < -0.39 is 23.4 Å². The van der Waals surface area contributed by atoms with Crippen LogP contribution in [0.4, 0.5) is 24.8 Å². The normalized spacial score (nSPS) is 24.4. The van der Waals surface area contributed by atoms with Gasteiger partial charge in [0, 0.05) is 38.6 Å². The molecule has 31 heavy (non-hydrogen) atoms. The second-order valence-electron chi connectivity index (χ2n) is 8.03. The Balaban J connectivity index is 1.56. The van der Waals surface area contributed by atoms with Gasteiger partial charge in [0.25, 0.3) is 5.92 Å². The minimum atomic E-state index is -2.94. The lowest BCUT2D eigenvalue weighted by molar-refractivity contribution is 0.0174. The number of benzene rings is 1. The predicted octanol–water partition coefficient (Wildman–Crippen LogP) is 2.87. The summed E-state index contributed by atoms with van der Waals surface area (Å²) in [6.45, 7) is 2.60. The molecule has 4 rings (SSSR count). The van der Waals surface area contributed by atoms with Gasteiger partial charge >= 0.3 is 0 Å². The van der Waals surface area contributed by atoms with Crippen molar-refractivity contribution in [2.45, 2.75) is 30.9 Å². The van der Waals surface area contributed by atoms with Crippen LogP contribution < -0.4 is 10.2 Å². The van der Waals surface area contributed by atoms with Crippen molar-refractivity contribution in [3.05, 3.63) is 47.5 Å². The number of hydrogen-bond acceptors (Lipinski definition) is 7. The van der Waals surface area contributed by atoms with Crippen LogP contribution in [0.25, 0.3) is 0 Å². The number of rotatable bonds is 6. The maximum Gasteiger partial charge on any atom is 0.270 e.